The van der Waals surface area contributed by atoms with Crippen molar-refractivity contribution < 1.29 is 9.18 Å². The van der Waals surface area contributed by atoms with E-state index in [4.69, 9.17) is 4.98 Å². The Morgan fingerprint density at radius 3 is 2.50 bits per heavy atom. The number of aromatic nitrogens is 2. The number of benzene rings is 1. The van der Waals surface area contributed by atoms with Crippen molar-refractivity contribution in [3.8, 4) is 0 Å². The van der Waals surface area contributed by atoms with Crippen LogP contribution in [0, 0.1) is 19.7 Å². The van der Waals surface area contributed by atoms with Crippen molar-refractivity contribution in [3.63, 3.8) is 0 Å². The summed E-state index contributed by atoms with van der Waals surface area (Å²) >= 11 is 0. The Morgan fingerprint density at radius 2 is 1.86 bits per heavy atom. The number of rotatable bonds is 4. The van der Waals surface area contributed by atoms with Crippen molar-refractivity contribution >= 4 is 11.7 Å². The fourth-order valence-corrected chi connectivity index (χ4v) is 3.64. The minimum Gasteiger partial charge on any atom is -0.356 e. The third-order valence-electron chi connectivity index (χ3n) is 5.38. The van der Waals surface area contributed by atoms with Crippen LogP contribution in [0.3, 0.4) is 0 Å². The summed E-state index contributed by atoms with van der Waals surface area (Å²) in [4.78, 5) is 26.0. The molecule has 2 heterocycles. The van der Waals surface area contributed by atoms with Gasteiger partial charge in [-0.2, -0.15) is 0 Å². The quantitative estimate of drug-likeness (QED) is 0.796. The third-order valence-corrected chi connectivity index (χ3v) is 5.38. The zero-order valence-corrected chi connectivity index (χ0v) is 17.4. The van der Waals surface area contributed by atoms with E-state index in [1.807, 2.05) is 19.9 Å². The molecule has 1 aromatic carbocycles. The van der Waals surface area contributed by atoms with Crippen LogP contribution >= 0.6 is 0 Å². The van der Waals surface area contributed by atoms with Crippen LogP contribution in [-0.4, -0.2) is 47.0 Å². The molecule has 0 N–H and O–H groups in total. The van der Waals surface area contributed by atoms with Crippen LogP contribution < -0.4 is 4.90 Å². The van der Waals surface area contributed by atoms with E-state index in [2.05, 4.69) is 23.7 Å². The van der Waals surface area contributed by atoms with Crippen molar-refractivity contribution in [2.75, 3.05) is 25.0 Å². The average Bonchev–Trinajstić information content (AvgIpc) is 2.68. The molecule has 1 aromatic heterocycles. The maximum absolute atomic E-state index is 14.1. The summed E-state index contributed by atoms with van der Waals surface area (Å²) in [5, 5.41) is 0. The number of hydrogen-bond acceptors (Lipinski definition) is 4. The average molecular weight is 384 g/mol. The van der Waals surface area contributed by atoms with E-state index in [9.17, 15) is 9.18 Å². The lowest BCUT2D eigenvalue weighted by Crippen LogP contribution is -2.46. The first-order valence-corrected chi connectivity index (χ1v) is 9.90. The van der Waals surface area contributed by atoms with Gasteiger partial charge in [0.05, 0.1) is 5.56 Å². The van der Waals surface area contributed by atoms with Gasteiger partial charge >= 0.3 is 0 Å². The van der Waals surface area contributed by atoms with Crippen molar-refractivity contribution in [2.45, 2.75) is 52.5 Å². The fourth-order valence-electron chi connectivity index (χ4n) is 3.64. The minimum atomic E-state index is -0.461. The molecule has 0 spiro atoms. The van der Waals surface area contributed by atoms with Gasteiger partial charge in [-0.05, 0) is 38.8 Å². The van der Waals surface area contributed by atoms with E-state index < -0.39 is 5.82 Å². The number of halogens is 1. The van der Waals surface area contributed by atoms with Crippen LogP contribution in [0.15, 0.2) is 24.3 Å². The lowest BCUT2D eigenvalue weighted by molar-refractivity contribution is 0.0704. The lowest BCUT2D eigenvalue weighted by atomic mass is 10.0. The first-order chi connectivity index (χ1) is 13.3. The second kappa shape index (κ2) is 8.25. The van der Waals surface area contributed by atoms with Crippen LogP contribution in [0.25, 0.3) is 0 Å². The predicted octanol–water partition coefficient (Wildman–Crippen LogP) is 4.10. The van der Waals surface area contributed by atoms with Gasteiger partial charge in [-0.15, -0.1) is 0 Å². The molecule has 5 nitrogen and oxygen atoms in total. The van der Waals surface area contributed by atoms with Crippen molar-refractivity contribution in [2.24, 2.45) is 0 Å². The van der Waals surface area contributed by atoms with Gasteiger partial charge < -0.3 is 9.80 Å². The van der Waals surface area contributed by atoms with E-state index in [0.29, 0.717) is 0 Å². The van der Waals surface area contributed by atoms with Crippen molar-refractivity contribution in [1.29, 1.82) is 0 Å². The van der Waals surface area contributed by atoms with Crippen LogP contribution in [0.5, 0.6) is 0 Å². The molecule has 0 aliphatic carbocycles. The summed E-state index contributed by atoms with van der Waals surface area (Å²) < 4.78 is 14.1. The molecule has 150 valence electrons. The highest BCUT2D eigenvalue weighted by atomic mass is 19.1. The van der Waals surface area contributed by atoms with Gasteiger partial charge in [0, 0.05) is 43.9 Å². The summed E-state index contributed by atoms with van der Waals surface area (Å²) in [6.07, 6.45) is 1.66. The Hall–Kier alpha value is -2.50. The van der Waals surface area contributed by atoms with Gasteiger partial charge in [0.15, 0.2) is 0 Å². The fraction of sp³-hybridized carbons (Fsp3) is 0.500. The second-order valence-electron chi connectivity index (χ2n) is 8.00. The molecule has 1 amide bonds. The summed E-state index contributed by atoms with van der Waals surface area (Å²) in [5.74, 6) is 1.38. The van der Waals surface area contributed by atoms with Crippen LogP contribution in [0.4, 0.5) is 10.2 Å². The predicted molar refractivity (Wildman–Crippen MR) is 109 cm³/mol. The molecule has 0 unspecified atom stereocenters. The molecule has 1 aliphatic rings. The highest BCUT2D eigenvalue weighted by molar-refractivity contribution is 5.94. The number of amides is 1. The second-order valence-corrected chi connectivity index (χ2v) is 8.00. The number of aryl methyl sites for hydroxylation is 2. The smallest absolute Gasteiger partial charge is 0.256 e. The first kappa shape index (κ1) is 20.2. The van der Waals surface area contributed by atoms with Gasteiger partial charge in [0.2, 0.25) is 0 Å². The summed E-state index contributed by atoms with van der Waals surface area (Å²) in [5.41, 5.74) is 2.00. The van der Waals surface area contributed by atoms with Gasteiger partial charge in [-0.3, -0.25) is 4.79 Å². The number of carbonyl (C=O) groups is 1. The molecule has 2 aromatic rings. The summed E-state index contributed by atoms with van der Waals surface area (Å²) in [7, 11) is 1.77. The minimum absolute atomic E-state index is 0.0937. The van der Waals surface area contributed by atoms with Gasteiger partial charge in [0.25, 0.3) is 5.91 Å². The first-order valence-electron chi connectivity index (χ1n) is 9.90. The van der Waals surface area contributed by atoms with E-state index in [-0.39, 0.29) is 23.4 Å². The standard InChI is InChI=1S/C22H29FN4O/c1-14(2)21-24-16(4)13-20(25-21)27-10-8-17(9-11-27)26(5)22(28)18-12-15(3)6-7-19(18)23/h6-7,12-14,17H,8-11H2,1-5H3. The summed E-state index contributed by atoms with van der Waals surface area (Å²) in [6.45, 7) is 9.67. The van der Waals surface area contributed by atoms with Gasteiger partial charge in [-0.25, -0.2) is 14.4 Å². The third kappa shape index (κ3) is 4.32. The molecule has 0 bridgehead atoms. The number of piperidine rings is 1. The van der Waals surface area contributed by atoms with Crippen LogP contribution in [0.1, 0.15) is 60.0 Å². The van der Waals surface area contributed by atoms with E-state index in [1.165, 1.54) is 6.07 Å². The number of carbonyl (C=O) groups excluding carboxylic acids is 1. The maximum Gasteiger partial charge on any atom is 0.256 e. The van der Waals surface area contributed by atoms with E-state index >= 15 is 0 Å². The Labute approximate surface area is 166 Å². The van der Waals surface area contributed by atoms with Crippen molar-refractivity contribution in [1.82, 2.24) is 14.9 Å². The highest BCUT2D eigenvalue weighted by Crippen LogP contribution is 2.24. The number of hydrogen-bond donors (Lipinski definition) is 0. The van der Waals surface area contributed by atoms with E-state index in [0.717, 1.165) is 48.8 Å². The monoisotopic (exact) mass is 384 g/mol. The molecule has 0 atom stereocenters. The van der Waals surface area contributed by atoms with E-state index in [1.54, 1.807) is 24.1 Å². The SMILES string of the molecule is Cc1ccc(F)c(C(=O)N(C)C2CCN(c3cc(C)nc(C(C)C)n3)CC2)c1. The number of anilines is 1. The molecular formula is C22H29FN4O. The normalized spacial score (nSPS) is 15.2. The van der Waals surface area contributed by atoms with Crippen LogP contribution in [-0.2, 0) is 0 Å². The molecule has 1 fully saturated rings. The molecule has 6 heteroatoms. The zero-order chi connectivity index (χ0) is 20.4. The summed E-state index contributed by atoms with van der Waals surface area (Å²) in [6, 6.07) is 6.78. The lowest BCUT2D eigenvalue weighted by Gasteiger charge is -2.37. The Balaban J connectivity index is 1.68. The highest BCUT2D eigenvalue weighted by Gasteiger charge is 2.28. The Kier molecular flexibility index (Phi) is 5.96. The molecule has 0 saturated carbocycles. The molecular weight excluding hydrogens is 355 g/mol. The maximum atomic E-state index is 14.1. The number of nitrogens with zero attached hydrogens (tertiary/aromatic N) is 4. The van der Waals surface area contributed by atoms with Gasteiger partial charge in [0.1, 0.15) is 17.5 Å². The topological polar surface area (TPSA) is 49.3 Å². The molecule has 0 radical (unpaired) electrons. The largest absolute Gasteiger partial charge is 0.356 e. The Morgan fingerprint density at radius 1 is 1.18 bits per heavy atom. The zero-order valence-electron chi connectivity index (χ0n) is 17.4. The van der Waals surface area contributed by atoms with Crippen molar-refractivity contribution in [3.05, 3.63) is 52.7 Å². The molecule has 1 aliphatic heterocycles. The molecule has 3 rings (SSSR count). The molecule has 28 heavy (non-hydrogen) atoms. The van der Waals surface area contributed by atoms with Crippen LogP contribution in [0.2, 0.25) is 0 Å². The molecule has 1 saturated heterocycles. The Bertz CT molecular complexity index is 860. The van der Waals surface area contributed by atoms with Gasteiger partial charge in [-0.1, -0.05) is 25.5 Å².